The van der Waals surface area contributed by atoms with Crippen molar-refractivity contribution < 1.29 is 4.79 Å². The zero-order chi connectivity index (χ0) is 13.1. The van der Waals surface area contributed by atoms with Crippen LogP contribution in [-0.2, 0) is 4.79 Å². The van der Waals surface area contributed by atoms with Gasteiger partial charge in [0.05, 0.1) is 0 Å². The highest BCUT2D eigenvalue weighted by Crippen LogP contribution is 2.28. The molecule has 0 aliphatic heterocycles. The quantitative estimate of drug-likeness (QED) is 0.927. The zero-order valence-electron chi connectivity index (χ0n) is 11.6. The third-order valence-corrected chi connectivity index (χ3v) is 3.92. The lowest BCUT2D eigenvalue weighted by Gasteiger charge is -2.21. The van der Waals surface area contributed by atoms with Gasteiger partial charge in [-0.3, -0.25) is 4.79 Å². The van der Waals surface area contributed by atoms with E-state index < -0.39 is 0 Å². The summed E-state index contributed by atoms with van der Waals surface area (Å²) in [6.07, 6.45) is 3.89. The molecule has 0 unspecified atom stereocenters. The SMILES string of the molecule is Cc1cccc(N(C)C(=O)C[C@@H]2CCC[C@H]2N)c1.Cl. The lowest BCUT2D eigenvalue weighted by Crippen LogP contribution is -2.32. The van der Waals surface area contributed by atoms with E-state index in [2.05, 4.69) is 0 Å². The van der Waals surface area contributed by atoms with Gasteiger partial charge >= 0.3 is 0 Å². The number of hydrogen-bond donors (Lipinski definition) is 1. The van der Waals surface area contributed by atoms with Gasteiger partial charge in [0.1, 0.15) is 0 Å². The molecule has 1 aromatic carbocycles. The van der Waals surface area contributed by atoms with Crippen molar-refractivity contribution in [3.63, 3.8) is 0 Å². The Bertz CT molecular complexity index is 436. The van der Waals surface area contributed by atoms with Gasteiger partial charge in [0, 0.05) is 25.2 Å². The maximum atomic E-state index is 12.2. The van der Waals surface area contributed by atoms with Crippen molar-refractivity contribution >= 4 is 24.0 Å². The maximum absolute atomic E-state index is 12.2. The van der Waals surface area contributed by atoms with Gasteiger partial charge in [0.15, 0.2) is 0 Å². The van der Waals surface area contributed by atoms with E-state index in [-0.39, 0.29) is 24.4 Å². The fourth-order valence-electron chi connectivity index (χ4n) is 2.66. The first kappa shape index (κ1) is 16.0. The van der Waals surface area contributed by atoms with Gasteiger partial charge < -0.3 is 10.6 Å². The summed E-state index contributed by atoms with van der Waals surface area (Å²) < 4.78 is 0. The highest BCUT2D eigenvalue weighted by molar-refractivity contribution is 5.93. The number of carbonyl (C=O) groups is 1. The molecule has 3 nitrogen and oxygen atoms in total. The Morgan fingerprint density at radius 2 is 2.16 bits per heavy atom. The average Bonchev–Trinajstić information content (AvgIpc) is 2.74. The van der Waals surface area contributed by atoms with Crippen LogP contribution in [0, 0.1) is 12.8 Å². The van der Waals surface area contributed by atoms with Crippen LogP contribution in [0.1, 0.15) is 31.2 Å². The molecule has 1 aromatic rings. The molecule has 1 amide bonds. The van der Waals surface area contributed by atoms with E-state index >= 15 is 0 Å². The number of aryl methyl sites for hydroxylation is 1. The first-order valence-corrected chi connectivity index (χ1v) is 6.66. The molecule has 1 aliphatic carbocycles. The van der Waals surface area contributed by atoms with Crippen LogP contribution in [-0.4, -0.2) is 19.0 Å². The van der Waals surface area contributed by atoms with Crippen LogP contribution in [0.4, 0.5) is 5.69 Å². The van der Waals surface area contributed by atoms with Gasteiger partial charge in [-0.1, -0.05) is 18.6 Å². The number of carbonyl (C=O) groups excluding carboxylic acids is 1. The summed E-state index contributed by atoms with van der Waals surface area (Å²) in [7, 11) is 1.84. The number of amides is 1. The molecule has 2 N–H and O–H groups in total. The Hall–Kier alpha value is -1.06. The first-order valence-electron chi connectivity index (χ1n) is 6.66. The monoisotopic (exact) mass is 282 g/mol. The number of nitrogens with two attached hydrogens (primary N) is 1. The topological polar surface area (TPSA) is 46.3 Å². The van der Waals surface area contributed by atoms with E-state index in [0.717, 1.165) is 24.9 Å². The molecule has 19 heavy (non-hydrogen) atoms. The fraction of sp³-hybridized carbons (Fsp3) is 0.533. The van der Waals surface area contributed by atoms with Gasteiger partial charge in [0.25, 0.3) is 0 Å². The summed E-state index contributed by atoms with van der Waals surface area (Å²) in [6, 6.07) is 8.23. The van der Waals surface area contributed by atoms with Crippen molar-refractivity contribution in [2.45, 2.75) is 38.6 Å². The number of hydrogen-bond acceptors (Lipinski definition) is 2. The minimum absolute atomic E-state index is 0. The Balaban J connectivity index is 0.00000180. The van der Waals surface area contributed by atoms with Gasteiger partial charge in [-0.25, -0.2) is 0 Å². The summed E-state index contributed by atoms with van der Waals surface area (Å²) in [4.78, 5) is 14.0. The van der Waals surface area contributed by atoms with Crippen LogP contribution in [0.2, 0.25) is 0 Å². The molecule has 2 rings (SSSR count). The van der Waals surface area contributed by atoms with Crippen LogP contribution < -0.4 is 10.6 Å². The second kappa shape index (κ2) is 6.92. The number of benzene rings is 1. The highest BCUT2D eigenvalue weighted by Gasteiger charge is 2.27. The average molecular weight is 283 g/mol. The summed E-state index contributed by atoms with van der Waals surface area (Å²) >= 11 is 0. The Morgan fingerprint density at radius 3 is 2.74 bits per heavy atom. The van der Waals surface area contributed by atoms with Crippen LogP contribution >= 0.6 is 12.4 Å². The molecule has 0 radical (unpaired) electrons. The molecule has 1 saturated carbocycles. The summed E-state index contributed by atoms with van der Waals surface area (Å²) in [5.74, 6) is 0.535. The van der Waals surface area contributed by atoms with E-state index in [1.54, 1.807) is 4.90 Å². The molecule has 0 heterocycles. The van der Waals surface area contributed by atoms with Crippen LogP contribution in [0.25, 0.3) is 0 Å². The predicted octanol–water partition coefficient (Wildman–Crippen LogP) is 2.90. The van der Waals surface area contributed by atoms with Crippen LogP contribution in [0.15, 0.2) is 24.3 Å². The number of anilines is 1. The standard InChI is InChI=1S/C15H22N2O.ClH/c1-11-5-3-7-13(9-11)17(2)15(18)10-12-6-4-8-14(12)16;/h3,5,7,9,12,14H,4,6,8,10,16H2,1-2H3;1H/t12-,14+;/m0./s1. The van der Waals surface area contributed by atoms with Crippen molar-refractivity contribution in [1.29, 1.82) is 0 Å². The van der Waals surface area contributed by atoms with Crippen molar-refractivity contribution in [2.75, 3.05) is 11.9 Å². The lowest BCUT2D eigenvalue weighted by atomic mass is 9.99. The molecule has 2 atom stereocenters. The van der Waals surface area contributed by atoms with Crippen LogP contribution in [0.5, 0.6) is 0 Å². The normalized spacial score (nSPS) is 21.8. The highest BCUT2D eigenvalue weighted by atomic mass is 35.5. The molecule has 0 bridgehead atoms. The van der Waals surface area contributed by atoms with Crippen LogP contribution in [0.3, 0.4) is 0 Å². The third kappa shape index (κ3) is 3.95. The second-order valence-corrected chi connectivity index (χ2v) is 5.35. The molecule has 1 fully saturated rings. The Morgan fingerprint density at radius 1 is 1.42 bits per heavy atom. The number of halogens is 1. The van der Waals surface area contributed by atoms with Gasteiger partial charge in [-0.15, -0.1) is 12.4 Å². The number of rotatable bonds is 3. The first-order chi connectivity index (χ1) is 8.58. The smallest absolute Gasteiger partial charge is 0.227 e. The molecule has 0 aromatic heterocycles. The third-order valence-electron chi connectivity index (χ3n) is 3.92. The van der Waals surface area contributed by atoms with E-state index in [9.17, 15) is 4.79 Å². The van der Waals surface area contributed by atoms with Gasteiger partial charge in [-0.2, -0.15) is 0 Å². The molecule has 106 valence electrons. The van der Waals surface area contributed by atoms with E-state index in [0.29, 0.717) is 12.3 Å². The largest absolute Gasteiger partial charge is 0.327 e. The maximum Gasteiger partial charge on any atom is 0.227 e. The predicted molar refractivity (Wildman–Crippen MR) is 81.8 cm³/mol. The Kier molecular flexibility index (Phi) is 5.83. The van der Waals surface area contributed by atoms with Crippen molar-refractivity contribution in [2.24, 2.45) is 11.7 Å². The van der Waals surface area contributed by atoms with E-state index in [1.807, 2.05) is 38.2 Å². The zero-order valence-corrected chi connectivity index (χ0v) is 12.5. The molecule has 0 spiro atoms. The molecular formula is C15H23ClN2O. The minimum atomic E-state index is 0. The lowest BCUT2D eigenvalue weighted by molar-refractivity contribution is -0.119. The van der Waals surface area contributed by atoms with Crippen molar-refractivity contribution in [1.82, 2.24) is 0 Å². The molecule has 0 saturated heterocycles. The summed E-state index contributed by atoms with van der Waals surface area (Å²) in [6.45, 7) is 2.04. The fourth-order valence-corrected chi connectivity index (χ4v) is 2.66. The summed E-state index contributed by atoms with van der Waals surface area (Å²) in [5, 5.41) is 0. The summed E-state index contributed by atoms with van der Waals surface area (Å²) in [5.41, 5.74) is 8.15. The van der Waals surface area contributed by atoms with E-state index in [4.69, 9.17) is 5.73 Å². The van der Waals surface area contributed by atoms with Gasteiger partial charge in [0.2, 0.25) is 5.91 Å². The van der Waals surface area contributed by atoms with Crippen molar-refractivity contribution in [3.05, 3.63) is 29.8 Å². The molecule has 1 aliphatic rings. The second-order valence-electron chi connectivity index (χ2n) is 5.35. The molecule has 4 heteroatoms. The minimum Gasteiger partial charge on any atom is -0.327 e. The number of nitrogens with zero attached hydrogens (tertiary/aromatic N) is 1. The molecular weight excluding hydrogens is 260 g/mol. The van der Waals surface area contributed by atoms with Gasteiger partial charge in [-0.05, 0) is 43.4 Å². The Labute approximate surface area is 121 Å². The van der Waals surface area contributed by atoms with E-state index in [1.165, 1.54) is 5.56 Å². The van der Waals surface area contributed by atoms with Crippen molar-refractivity contribution in [3.8, 4) is 0 Å².